The van der Waals surface area contributed by atoms with Gasteiger partial charge in [0.15, 0.2) is 0 Å². The van der Waals surface area contributed by atoms with Gasteiger partial charge in [0, 0.05) is 4.47 Å². The smallest absolute Gasteiger partial charge is 0.371 e. The third-order valence-electron chi connectivity index (χ3n) is 2.26. The fraction of sp³-hybridized carbons (Fsp3) is 0. The Labute approximate surface area is 121 Å². The summed E-state index contributed by atoms with van der Waals surface area (Å²) in [5, 5.41) is 8.05. The molecule has 0 spiro atoms. The van der Waals surface area contributed by atoms with Crippen LogP contribution in [0.4, 0.5) is 10.1 Å². The van der Waals surface area contributed by atoms with Gasteiger partial charge in [-0.3, -0.25) is 4.72 Å². The Morgan fingerprint density at radius 2 is 2.00 bits per heavy atom. The Morgan fingerprint density at radius 3 is 2.55 bits per heavy atom. The number of carbonyl (C=O) groups is 1. The van der Waals surface area contributed by atoms with Gasteiger partial charge >= 0.3 is 5.97 Å². The van der Waals surface area contributed by atoms with E-state index in [1.165, 1.54) is 12.1 Å². The molecule has 9 heteroatoms. The lowest BCUT2D eigenvalue weighted by Crippen LogP contribution is -2.13. The number of rotatable bonds is 4. The molecule has 2 aromatic rings. The Bertz CT molecular complexity index is 751. The molecule has 20 heavy (non-hydrogen) atoms. The number of furan rings is 1. The van der Waals surface area contributed by atoms with Gasteiger partial charge in [0.25, 0.3) is 10.0 Å². The molecule has 2 N–H and O–H groups in total. The Hall–Kier alpha value is -1.87. The van der Waals surface area contributed by atoms with Crippen molar-refractivity contribution < 1.29 is 27.1 Å². The maximum Gasteiger partial charge on any atom is 0.371 e. The number of carboxylic acid groups (broad SMARTS) is 1. The van der Waals surface area contributed by atoms with E-state index in [0.717, 1.165) is 18.2 Å². The van der Waals surface area contributed by atoms with Gasteiger partial charge in [-0.1, -0.05) is 6.07 Å². The van der Waals surface area contributed by atoms with Gasteiger partial charge < -0.3 is 9.52 Å². The molecule has 2 rings (SSSR count). The number of hydrogen-bond donors (Lipinski definition) is 2. The van der Waals surface area contributed by atoms with E-state index in [2.05, 4.69) is 20.3 Å². The number of nitrogens with one attached hydrogen (secondary N) is 1. The van der Waals surface area contributed by atoms with Crippen LogP contribution in [0.3, 0.4) is 0 Å². The summed E-state index contributed by atoms with van der Waals surface area (Å²) < 4.78 is 44.3. The average molecular weight is 364 g/mol. The van der Waals surface area contributed by atoms with E-state index in [1.54, 1.807) is 0 Å². The molecule has 0 fully saturated rings. The second kappa shape index (κ2) is 5.25. The van der Waals surface area contributed by atoms with Crippen LogP contribution >= 0.6 is 15.9 Å². The van der Waals surface area contributed by atoms with Gasteiger partial charge in [-0.2, -0.15) is 8.42 Å². The number of sulfonamides is 1. The van der Waals surface area contributed by atoms with Gasteiger partial charge in [0.1, 0.15) is 5.82 Å². The summed E-state index contributed by atoms with van der Waals surface area (Å²) in [6, 6.07) is 5.89. The highest BCUT2D eigenvalue weighted by molar-refractivity contribution is 9.10. The lowest BCUT2D eigenvalue weighted by molar-refractivity contribution is 0.0656. The summed E-state index contributed by atoms with van der Waals surface area (Å²) >= 11 is 3.01. The minimum atomic E-state index is -4.22. The standard InChI is InChI=1S/C11H7BrFNO5S/c12-6-2-1-3-7(13)10(6)14-20(17,18)9-5-4-8(19-9)11(15)16/h1-5,14H,(H,15,16). The molecule has 0 bridgehead atoms. The first-order valence-corrected chi connectivity index (χ1v) is 7.39. The number of para-hydroxylation sites is 1. The fourth-order valence-electron chi connectivity index (χ4n) is 1.36. The summed E-state index contributed by atoms with van der Waals surface area (Å²) in [6.07, 6.45) is 0. The third-order valence-corrected chi connectivity index (χ3v) is 4.14. The first kappa shape index (κ1) is 14.5. The van der Waals surface area contributed by atoms with Crippen molar-refractivity contribution in [2.24, 2.45) is 0 Å². The summed E-state index contributed by atoms with van der Waals surface area (Å²) in [6.45, 7) is 0. The maximum atomic E-state index is 13.5. The van der Waals surface area contributed by atoms with E-state index in [9.17, 15) is 17.6 Å². The molecular formula is C11H7BrFNO5S. The number of hydrogen-bond acceptors (Lipinski definition) is 4. The minimum Gasteiger partial charge on any atom is -0.475 e. The predicted octanol–water partition coefficient (Wildman–Crippen LogP) is 2.68. The number of benzene rings is 1. The van der Waals surface area contributed by atoms with Crippen LogP contribution in [0.1, 0.15) is 10.6 Å². The molecule has 0 aliphatic carbocycles. The zero-order chi connectivity index (χ0) is 14.9. The van der Waals surface area contributed by atoms with Gasteiger partial charge in [-0.05, 0) is 40.2 Å². The van der Waals surface area contributed by atoms with Crippen LogP contribution in [0.5, 0.6) is 0 Å². The van der Waals surface area contributed by atoms with Gasteiger partial charge in [-0.25, -0.2) is 9.18 Å². The van der Waals surface area contributed by atoms with Crippen LogP contribution in [0.25, 0.3) is 0 Å². The first-order valence-electron chi connectivity index (χ1n) is 5.11. The summed E-state index contributed by atoms with van der Waals surface area (Å²) in [4.78, 5) is 10.6. The molecular weight excluding hydrogens is 357 g/mol. The van der Waals surface area contributed by atoms with E-state index in [1.807, 2.05) is 4.72 Å². The Morgan fingerprint density at radius 1 is 1.30 bits per heavy atom. The molecule has 0 saturated heterocycles. The molecule has 1 heterocycles. The number of aromatic carboxylic acids is 1. The zero-order valence-electron chi connectivity index (χ0n) is 9.63. The van der Waals surface area contributed by atoms with Crippen LogP contribution < -0.4 is 4.72 Å². The van der Waals surface area contributed by atoms with Gasteiger partial charge in [-0.15, -0.1) is 0 Å². The van der Waals surface area contributed by atoms with E-state index < -0.39 is 32.7 Å². The first-order chi connectivity index (χ1) is 9.31. The van der Waals surface area contributed by atoms with Crippen molar-refractivity contribution in [1.82, 2.24) is 0 Å². The van der Waals surface area contributed by atoms with E-state index in [-0.39, 0.29) is 10.2 Å². The van der Waals surface area contributed by atoms with E-state index in [0.29, 0.717) is 0 Å². The minimum absolute atomic E-state index is 0.200. The molecule has 0 amide bonds. The second-order valence-electron chi connectivity index (χ2n) is 3.63. The molecule has 0 aliphatic rings. The zero-order valence-corrected chi connectivity index (χ0v) is 12.0. The van der Waals surface area contributed by atoms with Crippen molar-refractivity contribution in [1.29, 1.82) is 0 Å². The van der Waals surface area contributed by atoms with E-state index in [4.69, 9.17) is 5.11 Å². The largest absolute Gasteiger partial charge is 0.475 e. The average Bonchev–Trinajstić information content (AvgIpc) is 2.84. The number of anilines is 1. The molecule has 0 aliphatic heterocycles. The number of carboxylic acids is 1. The van der Waals surface area contributed by atoms with Crippen LogP contribution in [0.15, 0.2) is 44.3 Å². The molecule has 1 aromatic heterocycles. The van der Waals surface area contributed by atoms with Crippen molar-refractivity contribution in [3.63, 3.8) is 0 Å². The van der Waals surface area contributed by atoms with Crippen LogP contribution in [-0.4, -0.2) is 19.5 Å². The quantitative estimate of drug-likeness (QED) is 0.870. The van der Waals surface area contributed by atoms with E-state index >= 15 is 0 Å². The van der Waals surface area contributed by atoms with Crippen LogP contribution in [-0.2, 0) is 10.0 Å². The molecule has 0 atom stereocenters. The highest BCUT2D eigenvalue weighted by atomic mass is 79.9. The monoisotopic (exact) mass is 363 g/mol. The van der Waals surface area contributed by atoms with Crippen LogP contribution in [0.2, 0.25) is 0 Å². The normalized spacial score (nSPS) is 11.3. The lowest BCUT2D eigenvalue weighted by Gasteiger charge is -2.08. The van der Waals surface area contributed by atoms with Crippen molar-refractivity contribution >= 4 is 37.6 Å². The SMILES string of the molecule is O=C(O)c1ccc(S(=O)(=O)Nc2c(F)cccc2Br)o1. The summed E-state index contributed by atoms with van der Waals surface area (Å²) in [5.41, 5.74) is -0.291. The maximum absolute atomic E-state index is 13.5. The molecule has 0 unspecified atom stereocenters. The number of halogens is 2. The van der Waals surface area contributed by atoms with Crippen molar-refractivity contribution in [2.45, 2.75) is 5.09 Å². The Balaban J connectivity index is 2.38. The molecule has 1 aromatic carbocycles. The topological polar surface area (TPSA) is 96.6 Å². The second-order valence-corrected chi connectivity index (χ2v) is 6.09. The highest BCUT2D eigenvalue weighted by Gasteiger charge is 2.23. The molecule has 106 valence electrons. The van der Waals surface area contributed by atoms with Crippen molar-refractivity contribution in [2.75, 3.05) is 4.72 Å². The molecule has 0 radical (unpaired) electrons. The molecule has 6 nitrogen and oxygen atoms in total. The third kappa shape index (κ3) is 2.83. The van der Waals surface area contributed by atoms with Crippen molar-refractivity contribution in [3.05, 3.63) is 46.4 Å². The highest BCUT2D eigenvalue weighted by Crippen LogP contribution is 2.28. The predicted molar refractivity (Wildman–Crippen MR) is 70.6 cm³/mol. The van der Waals surface area contributed by atoms with Crippen LogP contribution in [0, 0.1) is 5.82 Å². The van der Waals surface area contributed by atoms with Crippen molar-refractivity contribution in [3.8, 4) is 0 Å². The molecule has 0 saturated carbocycles. The van der Waals surface area contributed by atoms with Gasteiger partial charge in [0.2, 0.25) is 10.9 Å². The lowest BCUT2D eigenvalue weighted by atomic mass is 10.3. The summed E-state index contributed by atoms with van der Waals surface area (Å²) in [7, 11) is -4.22. The summed E-state index contributed by atoms with van der Waals surface area (Å²) in [5.74, 6) is -2.72. The fourth-order valence-corrected chi connectivity index (χ4v) is 2.96. The van der Waals surface area contributed by atoms with Gasteiger partial charge in [0.05, 0.1) is 5.69 Å². The Kier molecular flexibility index (Phi) is 3.82.